The van der Waals surface area contributed by atoms with Gasteiger partial charge in [-0.25, -0.2) is 13.6 Å². The number of pyridine rings is 1. The lowest BCUT2D eigenvalue weighted by Gasteiger charge is -2.42. The smallest absolute Gasteiger partial charge is 0.410 e. The standard InChI is InChI=1S/C71H92F2N10O7Si/c1-43(2)91(44(3)4,45(5)6)34-25-54-58(72)16-13-49-36-52(84)37-55(62(49)54)64-63(73)65-56(38-74-64)66(81-40-50-14-15-51(41-81)83(50)70(88)90-71(7,8)9)77-69(76-65)89-33-32-78-26-19-46(20-27-78)35-47-21-28-79(29-22-47)39-48-23-30-80(31-24-48)59-12-10-11-53-57(59)42-82(68(53)87)60-17-18-61(85)75-67(60)86/h10-13,16,36-38,43-48,50-51,60,84H,14-15,17-24,26-33,35,39-42H2,1-9H3,(H,75,85,86). The number of aromatic hydroxyl groups is 1. The maximum atomic E-state index is 17.9. The average molecular weight is 1260 g/mol. The van der Waals surface area contributed by atoms with Crippen molar-refractivity contribution in [3.8, 4) is 34.5 Å². The quantitative estimate of drug-likeness (QED) is 0.0575. The third kappa shape index (κ3) is 13.1. The SMILES string of the molecule is CC(C)[Si](C#Cc1c(F)ccc2cc(O)cc(-c3ncc4c(N5CC6CCC(C5)N6C(=O)OC(C)(C)C)nc(OCCN5CCC(CC6CCN(CC7CCN(c8cccc9c8CN(C8CCC(=O)NC8=O)C9=O)CC7)CC6)CC5)nc4c3F)c12)(C(C)C)C(C)C. The number of nitrogens with one attached hydrogen (secondary N) is 1. The van der Waals surface area contributed by atoms with Crippen LogP contribution >= 0.6 is 0 Å². The number of benzene rings is 3. The Morgan fingerprint density at radius 2 is 1.45 bits per heavy atom. The summed E-state index contributed by atoms with van der Waals surface area (Å²) in [5, 5.41) is 14.9. The van der Waals surface area contributed by atoms with E-state index in [1.54, 1.807) is 23.2 Å². The molecule has 4 amide bonds. The van der Waals surface area contributed by atoms with E-state index in [-0.39, 0.29) is 83.0 Å². The van der Waals surface area contributed by atoms with Crippen molar-refractivity contribution in [2.75, 3.05) is 81.9 Å². The number of amides is 4. The molecule has 0 aliphatic carbocycles. The van der Waals surface area contributed by atoms with Crippen molar-refractivity contribution >= 4 is 65.1 Å². The lowest BCUT2D eigenvalue weighted by Crippen LogP contribution is -2.57. The average Bonchev–Trinajstić information content (AvgIpc) is 1.50. The highest BCUT2D eigenvalue weighted by Gasteiger charge is 2.46. The van der Waals surface area contributed by atoms with Crippen molar-refractivity contribution in [2.45, 2.75) is 180 Å². The number of ether oxygens (including phenoxy) is 2. The van der Waals surface area contributed by atoms with Crippen LogP contribution in [-0.4, -0.2) is 167 Å². The van der Waals surface area contributed by atoms with Gasteiger partial charge in [0.2, 0.25) is 11.8 Å². The van der Waals surface area contributed by atoms with Crippen LogP contribution in [0.4, 0.5) is 25.1 Å². The molecule has 2 aromatic heterocycles. The maximum absolute atomic E-state index is 17.9. The highest BCUT2D eigenvalue weighted by atomic mass is 28.3. The number of anilines is 2. The van der Waals surface area contributed by atoms with Crippen molar-refractivity contribution in [3.63, 3.8) is 0 Å². The Kier molecular flexibility index (Phi) is 18.5. The van der Waals surface area contributed by atoms with E-state index in [0.29, 0.717) is 88.6 Å². The van der Waals surface area contributed by atoms with E-state index < -0.39 is 31.4 Å². The molecule has 12 rings (SSSR count). The molecule has 2 bridgehead atoms. The molecule has 0 radical (unpaired) electrons. The molecule has 6 saturated heterocycles. The van der Waals surface area contributed by atoms with E-state index in [1.165, 1.54) is 31.4 Å². The predicted octanol–water partition coefficient (Wildman–Crippen LogP) is 11.9. The summed E-state index contributed by atoms with van der Waals surface area (Å²) in [4.78, 5) is 79.3. The molecule has 0 saturated carbocycles. The molecular formula is C71H92F2N10O7Si. The van der Waals surface area contributed by atoms with Gasteiger partial charge in [-0.3, -0.25) is 34.5 Å². The summed E-state index contributed by atoms with van der Waals surface area (Å²) in [5.74, 6) is 3.59. The first-order valence-corrected chi connectivity index (χ1v) is 36.0. The Balaban J connectivity index is 0.687. The summed E-state index contributed by atoms with van der Waals surface area (Å²) in [7, 11) is -2.34. The molecule has 91 heavy (non-hydrogen) atoms. The molecule has 17 nitrogen and oxygen atoms in total. The number of piperazine rings is 1. The second-order valence-corrected chi connectivity index (χ2v) is 34.7. The Bertz CT molecular complexity index is 3620. The van der Waals surface area contributed by atoms with E-state index in [0.717, 1.165) is 102 Å². The summed E-state index contributed by atoms with van der Waals surface area (Å²) < 4.78 is 46.6. The zero-order valence-electron chi connectivity index (χ0n) is 54.8. The second-order valence-electron chi connectivity index (χ2n) is 29.1. The van der Waals surface area contributed by atoms with E-state index in [9.17, 15) is 24.3 Å². The molecule has 20 heteroatoms. The van der Waals surface area contributed by atoms with Crippen LogP contribution in [0.15, 0.2) is 48.7 Å². The van der Waals surface area contributed by atoms with Gasteiger partial charge < -0.3 is 34.2 Å². The van der Waals surface area contributed by atoms with Gasteiger partial charge in [0.05, 0.1) is 23.0 Å². The van der Waals surface area contributed by atoms with Gasteiger partial charge in [-0.2, -0.15) is 9.97 Å². The number of phenols is 1. The van der Waals surface area contributed by atoms with Gasteiger partial charge in [0.25, 0.3) is 5.91 Å². The molecule has 0 spiro atoms. The van der Waals surface area contributed by atoms with Crippen LogP contribution in [0.2, 0.25) is 16.6 Å². The Hall–Kier alpha value is -6.95. The van der Waals surface area contributed by atoms with Gasteiger partial charge in [-0.15, -0.1) is 5.54 Å². The number of imide groups is 1. The number of hydrogen-bond acceptors (Lipinski definition) is 14. The Morgan fingerprint density at radius 1 is 0.791 bits per heavy atom. The summed E-state index contributed by atoms with van der Waals surface area (Å²) in [6.07, 6.45) is 11.5. The van der Waals surface area contributed by atoms with Crippen LogP contribution < -0.4 is 19.9 Å². The number of fused-ring (bicyclic) bond motifs is 5. The number of rotatable bonds is 15. The van der Waals surface area contributed by atoms with Crippen LogP contribution in [-0.2, 0) is 20.9 Å². The number of carbonyl (C=O) groups is 4. The van der Waals surface area contributed by atoms with Crippen molar-refractivity contribution in [1.82, 2.24) is 39.9 Å². The third-order valence-corrected chi connectivity index (χ3v) is 27.6. The lowest BCUT2D eigenvalue weighted by atomic mass is 9.82. The second kappa shape index (κ2) is 26.2. The number of hydrogen-bond donors (Lipinski definition) is 2. The highest BCUT2D eigenvalue weighted by Crippen LogP contribution is 2.44. The fraction of sp³-hybridized carbons (Fsp3) is 0.592. The number of likely N-dealkylation sites (tertiary alicyclic amines) is 2. The fourth-order valence-electron chi connectivity index (χ4n) is 16.7. The van der Waals surface area contributed by atoms with Crippen molar-refractivity contribution in [1.29, 1.82) is 0 Å². The zero-order valence-corrected chi connectivity index (χ0v) is 55.8. The van der Waals surface area contributed by atoms with Crippen LogP contribution in [0.5, 0.6) is 11.8 Å². The molecule has 6 fully saturated rings. The monoisotopic (exact) mass is 1260 g/mol. The van der Waals surface area contributed by atoms with Crippen molar-refractivity contribution in [2.24, 2.45) is 17.8 Å². The Labute approximate surface area is 536 Å². The molecule has 3 unspecified atom stereocenters. The molecule has 2 N–H and O–H groups in total. The third-order valence-electron chi connectivity index (χ3n) is 21.4. The number of halogens is 2. The molecule has 5 aromatic rings. The predicted molar refractivity (Wildman–Crippen MR) is 353 cm³/mol. The largest absolute Gasteiger partial charge is 0.508 e. The minimum absolute atomic E-state index is 0.0128. The van der Waals surface area contributed by atoms with Gasteiger partial charge in [0.1, 0.15) is 54.9 Å². The van der Waals surface area contributed by atoms with Crippen LogP contribution in [0, 0.1) is 40.9 Å². The highest BCUT2D eigenvalue weighted by molar-refractivity contribution is 6.90. The normalized spacial score (nSPS) is 21.8. The van der Waals surface area contributed by atoms with Crippen molar-refractivity contribution in [3.05, 3.63) is 77.0 Å². The first-order chi connectivity index (χ1) is 43.5. The number of aromatic nitrogens is 3. The van der Waals surface area contributed by atoms with Gasteiger partial charge in [0, 0.05) is 86.2 Å². The minimum Gasteiger partial charge on any atom is -0.508 e. The molecule has 3 aromatic carbocycles. The van der Waals surface area contributed by atoms with Crippen LogP contribution in [0.25, 0.3) is 32.9 Å². The van der Waals surface area contributed by atoms with Crippen molar-refractivity contribution < 1.29 is 42.5 Å². The van der Waals surface area contributed by atoms with E-state index >= 15 is 8.78 Å². The molecule has 7 aliphatic heterocycles. The van der Waals surface area contributed by atoms with E-state index in [1.807, 2.05) is 37.8 Å². The first kappa shape index (κ1) is 64.2. The van der Waals surface area contributed by atoms with Gasteiger partial charge >= 0.3 is 12.1 Å². The number of phenolic OH excluding ortho intramolecular Hbond substituents is 1. The lowest BCUT2D eigenvalue weighted by molar-refractivity contribution is -0.136. The topological polar surface area (TPSA) is 177 Å². The van der Waals surface area contributed by atoms with E-state index in [2.05, 4.69) is 84.0 Å². The number of nitrogens with zero attached hydrogens (tertiary/aromatic N) is 9. The molecule has 7 aliphatic rings. The molecule has 3 atom stereocenters. The van der Waals surface area contributed by atoms with Crippen LogP contribution in [0.3, 0.4) is 0 Å². The number of piperidine rings is 4. The minimum atomic E-state index is -2.34. The molecular weight excluding hydrogens is 1170 g/mol. The molecule has 9 heterocycles. The maximum Gasteiger partial charge on any atom is 0.410 e. The summed E-state index contributed by atoms with van der Waals surface area (Å²) >= 11 is 0. The van der Waals surface area contributed by atoms with Gasteiger partial charge in [0.15, 0.2) is 5.82 Å². The fourth-order valence-corrected chi connectivity index (χ4v) is 21.9. The summed E-state index contributed by atoms with van der Waals surface area (Å²) in [6.45, 7) is 28.2. The summed E-state index contributed by atoms with van der Waals surface area (Å²) in [6, 6.07) is 11.0. The van der Waals surface area contributed by atoms with Crippen LogP contribution in [0.1, 0.15) is 154 Å². The Morgan fingerprint density at radius 3 is 2.10 bits per heavy atom. The van der Waals surface area contributed by atoms with Gasteiger partial charge in [-0.1, -0.05) is 59.6 Å². The first-order valence-electron chi connectivity index (χ1n) is 33.7. The van der Waals surface area contributed by atoms with E-state index in [4.69, 9.17) is 24.4 Å². The zero-order chi connectivity index (χ0) is 64.2. The summed E-state index contributed by atoms with van der Waals surface area (Å²) in [5.41, 5.74) is 6.86. The van der Waals surface area contributed by atoms with Gasteiger partial charge in [-0.05, 0) is 181 Å². The number of carbonyl (C=O) groups excluding carboxylic acids is 4. The molecule has 486 valence electrons.